The molecule has 0 unspecified atom stereocenters. The molecule has 1 rings (SSSR count). The summed E-state index contributed by atoms with van der Waals surface area (Å²) >= 11 is 0. The van der Waals surface area contributed by atoms with Crippen molar-refractivity contribution < 1.29 is 9.50 Å². The van der Waals surface area contributed by atoms with Crippen molar-refractivity contribution in [2.75, 3.05) is 0 Å². The predicted octanol–water partition coefficient (Wildman–Crippen LogP) is 2.06. The fourth-order valence-corrected chi connectivity index (χ4v) is 1.83. The highest BCUT2D eigenvalue weighted by Gasteiger charge is 2.46. The summed E-state index contributed by atoms with van der Waals surface area (Å²) in [5.41, 5.74) is -0.952. The van der Waals surface area contributed by atoms with Crippen molar-refractivity contribution in [2.24, 2.45) is 5.92 Å². The minimum atomic E-state index is -1.32. The van der Waals surface area contributed by atoms with E-state index in [1.165, 1.54) is 0 Å². The molecule has 0 spiro atoms. The van der Waals surface area contributed by atoms with Crippen LogP contribution in [0.15, 0.2) is 12.2 Å². The summed E-state index contributed by atoms with van der Waals surface area (Å²) in [6.45, 7) is 7.20. The molecule has 0 aromatic carbocycles. The van der Waals surface area contributed by atoms with Gasteiger partial charge >= 0.3 is 0 Å². The zero-order chi connectivity index (χ0) is 8.65. The zero-order valence-corrected chi connectivity index (χ0v) is 7.10. The summed E-state index contributed by atoms with van der Waals surface area (Å²) < 4.78 is 13.8. The third kappa shape index (κ3) is 1.09. The van der Waals surface area contributed by atoms with Crippen molar-refractivity contribution in [3.8, 4) is 0 Å². The van der Waals surface area contributed by atoms with Gasteiger partial charge in [-0.1, -0.05) is 20.4 Å². The first-order chi connectivity index (χ1) is 5.02. The lowest BCUT2D eigenvalue weighted by Crippen LogP contribution is -2.27. The first-order valence-corrected chi connectivity index (χ1v) is 4.08. The Morgan fingerprint density at radius 1 is 1.82 bits per heavy atom. The van der Waals surface area contributed by atoms with Gasteiger partial charge in [0.25, 0.3) is 0 Å². The van der Waals surface area contributed by atoms with Crippen LogP contribution in [0.2, 0.25) is 0 Å². The van der Waals surface area contributed by atoms with Crippen molar-refractivity contribution >= 4 is 0 Å². The van der Waals surface area contributed by atoms with Gasteiger partial charge in [-0.2, -0.15) is 0 Å². The number of aliphatic hydroxyl groups excluding tert-OH is 1. The van der Waals surface area contributed by atoms with E-state index in [2.05, 4.69) is 6.58 Å². The lowest BCUT2D eigenvalue weighted by atomic mass is 9.89. The molecule has 1 fully saturated rings. The molecule has 0 aromatic heterocycles. The molecule has 1 aliphatic rings. The summed E-state index contributed by atoms with van der Waals surface area (Å²) in [6.07, 6.45) is 0.308. The van der Waals surface area contributed by atoms with Gasteiger partial charge in [0.1, 0.15) is 5.67 Å². The Kier molecular flexibility index (Phi) is 2.06. The van der Waals surface area contributed by atoms with Gasteiger partial charge in [-0.05, 0) is 24.3 Å². The second kappa shape index (κ2) is 2.59. The average molecular weight is 158 g/mol. The van der Waals surface area contributed by atoms with E-state index < -0.39 is 11.8 Å². The normalized spacial score (nSPS) is 44.9. The Morgan fingerprint density at radius 2 is 2.36 bits per heavy atom. The molecule has 1 saturated carbocycles. The van der Waals surface area contributed by atoms with Crippen molar-refractivity contribution in [2.45, 2.75) is 38.5 Å². The van der Waals surface area contributed by atoms with E-state index in [1.807, 2.05) is 6.92 Å². The Bertz CT molecular complexity index is 178. The third-order valence-corrected chi connectivity index (χ3v) is 2.81. The molecular weight excluding hydrogens is 143 g/mol. The molecule has 0 saturated heterocycles. The molecule has 0 heterocycles. The first kappa shape index (κ1) is 8.72. The maximum absolute atomic E-state index is 13.8. The van der Waals surface area contributed by atoms with Gasteiger partial charge in [0.2, 0.25) is 0 Å². The van der Waals surface area contributed by atoms with Gasteiger partial charge in [-0.3, -0.25) is 0 Å². The smallest absolute Gasteiger partial charge is 0.136 e. The maximum Gasteiger partial charge on any atom is 0.136 e. The van der Waals surface area contributed by atoms with E-state index in [4.69, 9.17) is 0 Å². The number of hydrogen-bond acceptors (Lipinski definition) is 1. The van der Waals surface area contributed by atoms with Crippen molar-refractivity contribution in [1.82, 2.24) is 0 Å². The van der Waals surface area contributed by atoms with Crippen molar-refractivity contribution in [3.05, 3.63) is 12.2 Å². The predicted molar refractivity (Wildman–Crippen MR) is 43.1 cm³/mol. The van der Waals surface area contributed by atoms with Gasteiger partial charge in [0.05, 0.1) is 6.10 Å². The lowest BCUT2D eigenvalue weighted by Gasteiger charge is -2.23. The van der Waals surface area contributed by atoms with Crippen LogP contribution in [0.5, 0.6) is 0 Å². The van der Waals surface area contributed by atoms with Crippen LogP contribution in [0, 0.1) is 5.92 Å². The van der Waals surface area contributed by atoms with Crippen LogP contribution in [0.25, 0.3) is 0 Å². The molecular formula is C9H15FO. The molecule has 0 aromatic rings. The van der Waals surface area contributed by atoms with E-state index in [1.54, 1.807) is 6.92 Å². The molecule has 0 amide bonds. The molecule has 11 heavy (non-hydrogen) atoms. The van der Waals surface area contributed by atoms with Gasteiger partial charge in [-0.25, -0.2) is 4.39 Å². The van der Waals surface area contributed by atoms with Crippen LogP contribution in [-0.2, 0) is 0 Å². The largest absolute Gasteiger partial charge is 0.389 e. The first-order valence-electron chi connectivity index (χ1n) is 4.08. The molecule has 1 nitrogen and oxygen atoms in total. The van der Waals surface area contributed by atoms with Crippen molar-refractivity contribution in [1.29, 1.82) is 0 Å². The van der Waals surface area contributed by atoms with E-state index in [9.17, 15) is 9.50 Å². The van der Waals surface area contributed by atoms with Gasteiger partial charge in [-0.15, -0.1) is 0 Å². The van der Waals surface area contributed by atoms with Crippen LogP contribution >= 0.6 is 0 Å². The molecule has 0 bridgehead atoms. The minimum Gasteiger partial charge on any atom is -0.389 e. The minimum absolute atomic E-state index is 0.0880. The van der Waals surface area contributed by atoms with E-state index >= 15 is 0 Å². The van der Waals surface area contributed by atoms with Crippen LogP contribution in [0.3, 0.4) is 0 Å². The number of aliphatic hydroxyl groups is 1. The van der Waals surface area contributed by atoms with Crippen molar-refractivity contribution in [3.63, 3.8) is 0 Å². The standard InChI is InChI=1S/C9H15FO/c1-4-9(10)6(2)5-8(11)7(9)3/h6,8,11H,3-5H2,1-2H3/t6-,8+,9-/m0/s1. The highest BCUT2D eigenvalue weighted by Crippen LogP contribution is 2.44. The average Bonchev–Trinajstić information content (AvgIpc) is 2.16. The fourth-order valence-electron chi connectivity index (χ4n) is 1.83. The Hall–Kier alpha value is -0.370. The molecule has 0 aliphatic heterocycles. The van der Waals surface area contributed by atoms with Gasteiger partial charge in [0.15, 0.2) is 0 Å². The highest BCUT2D eigenvalue weighted by molar-refractivity contribution is 5.24. The number of rotatable bonds is 1. The second-order valence-corrected chi connectivity index (χ2v) is 3.39. The number of halogens is 1. The summed E-state index contributed by atoms with van der Waals surface area (Å²) in [6, 6.07) is 0. The topological polar surface area (TPSA) is 20.2 Å². The highest BCUT2D eigenvalue weighted by atomic mass is 19.1. The van der Waals surface area contributed by atoms with Gasteiger partial charge < -0.3 is 5.11 Å². The molecule has 64 valence electrons. The summed E-state index contributed by atoms with van der Waals surface area (Å²) in [4.78, 5) is 0. The third-order valence-electron chi connectivity index (χ3n) is 2.81. The number of hydrogen-bond donors (Lipinski definition) is 1. The Morgan fingerprint density at radius 3 is 2.55 bits per heavy atom. The van der Waals surface area contributed by atoms with E-state index in [0.717, 1.165) is 0 Å². The molecule has 1 aliphatic carbocycles. The Balaban J connectivity index is 2.87. The zero-order valence-electron chi connectivity index (χ0n) is 7.10. The summed E-state index contributed by atoms with van der Waals surface area (Å²) in [5.74, 6) is -0.0880. The fraction of sp³-hybridized carbons (Fsp3) is 0.778. The second-order valence-electron chi connectivity index (χ2n) is 3.39. The maximum atomic E-state index is 13.8. The van der Waals surface area contributed by atoms with E-state index in [-0.39, 0.29) is 5.92 Å². The molecule has 3 atom stereocenters. The lowest BCUT2D eigenvalue weighted by molar-refractivity contribution is 0.154. The molecule has 2 heteroatoms. The molecule has 1 N–H and O–H groups in total. The summed E-state index contributed by atoms with van der Waals surface area (Å²) in [7, 11) is 0. The van der Waals surface area contributed by atoms with Crippen LogP contribution in [0.4, 0.5) is 4.39 Å². The summed E-state index contributed by atoms with van der Waals surface area (Å²) in [5, 5.41) is 9.30. The van der Waals surface area contributed by atoms with Gasteiger partial charge in [0, 0.05) is 0 Å². The number of alkyl halides is 1. The van der Waals surface area contributed by atoms with Crippen LogP contribution < -0.4 is 0 Å². The SMILES string of the molecule is C=C1[C@H](O)C[C@H](C)[C@@]1(F)CC. The quantitative estimate of drug-likeness (QED) is 0.579. The monoisotopic (exact) mass is 158 g/mol. The van der Waals surface area contributed by atoms with Crippen LogP contribution in [0.1, 0.15) is 26.7 Å². The van der Waals surface area contributed by atoms with E-state index in [0.29, 0.717) is 18.4 Å². The Labute approximate surface area is 66.9 Å². The van der Waals surface area contributed by atoms with Crippen LogP contribution in [-0.4, -0.2) is 16.9 Å². The molecule has 0 radical (unpaired) electrons.